The Morgan fingerprint density at radius 3 is 2.43 bits per heavy atom. The highest BCUT2D eigenvalue weighted by atomic mass is 16.5. The molecule has 0 bridgehead atoms. The molecular weight excluding hydrogens is 278 g/mol. The quantitative estimate of drug-likeness (QED) is 0.587. The molecule has 1 amide bonds. The minimum atomic E-state index is -0.890. The third-order valence-electron chi connectivity index (χ3n) is 3.19. The molecule has 1 aromatic carbocycles. The zero-order valence-corrected chi connectivity index (χ0v) is 12.2. The van der Waals surface area contributed by atoms with Gasteiger partial charge in [-0.2, -0.15) is 0 Å². The van der Waals surface area contributed by atoms with Gasteiger partial charge >= 0.3 is 11.9 Å². The normalized spacial score (nSPS) is 13.6. The van der Waals surface area contributed by atoms with Crippen LogP contribution in [0.5, 0.6) is 17.2 Å². The van der Waals surface area contributed by atoms with Crippen molar-refractivity contribution < 1.29 is 28.5 Å². The molecule has 0 radical (unpaired) electrons. The second-order valence-electron chi connectivity index (χ2n) is 4.38. The number of ether oxygens (including phenoxy) is 4. The van der Waals surface area contributed by atoms with E-state index >= 15 is 0 Å². The van der Waals surface area contributed by atoms with Crippen molar-refractivity contribution in [2.24, 2.45) is 0 Å². The molecule has 114 valence electrons. The average molecular weight is 295 g/mol. The number of methoxy groups -OCH3 is 3. The zero-order valence-electron chi connectivity index (χ0n) is 12.2. The van der Waals surface area contributed by atoms with Crippen molar-refractivity contribution in [3.05, 3.63) is 17.7 Å². The number of carbonyl (C=O) groups is 2. The number of amides is 1. The molecule has 1 aromatic rings. The van der Waals surface area contributed by atoms with Crippen LogP contribution >= 0.6 is 0 Å². The van der Waals surface area contributed by atoms with E-state index in [0.29, 0.717) is 23.8 Å². The Labute approximate surface area is 122 Å². The number of fused-ring (bicyclic) bond motifs is 1. The molecule has 21 heavy (non-hydrogen) atoms. The molecule has 7 heteroatoms. The van der Waals surface area contributed by atoms with Crippen molar-refractivity contribution in [3.63, 3.8) is 0 Å². The smallest absolute Gasteiger partial charge is 0.396 e. The first kappa shape index (κ1) is 15.0. The SMILES string of the molecule is COC(=O)C(=O)N1CCOc2cc(OC)c(OC)cc2C1. The Morgan fingerprint density at radius 1 is 1.14 bits per heavy atom. The Balaban J connectivity index is 2.31. The van der Waals surface area contributed by atoms with Crippen LogP contribution in [0.15, 0.2) is 12.1 Å². The first-order valence-electron chi connectivity index (χ1n) is 6.35. The molecule has 0 aromatic heterocycles. The number of nitrogens with zero attached hydrogens (tertiary/aromatic N) is 1. The molecule has 0 atom stereocenters. The summed E-state index contributed by atoms with van der Waals surface area (Å²) >= 11 is 0. The van der Waals surface area contributed by atoms with Gasteiger partial charge < -0.3 is 23.8 Å². The molecule has 0 spiro atoms. The number of benzene rings is 1. The van der Waals surface area contributed by atoms with Crippen molar-refractivity contribution in [1.29, 1.82) is 0 Å². The summed E-state index contributed by atoms with van der Waals surface area (Å²) in [4.78, 5) is 24.6. The molecule has 1 aliphatic heterocycles. The van der Waals surface area contributed by atoms with E-state index in [9.17, 15) is 9.59 Å². The van der Waals surface area contributed by atoms with E-state index < -0.39 is 11.9 Å². The predicted molar refractivity (Wildman–Crippen MR) is 72.5 cm³/mol. The molecule has 0 saturated heterocycles. The van der Waals surface area contributed by atoms with Crippen molar-refractivity contribution >= 4 is 11.9 Å². The van der Waals surface area contributed by atoms with E-state index in [4.69, 9.17) is 14.2 Å². The molecule has 0 N–H and O–H groups in total. The molecule has 0 saturated carbocycles. The number of carbonyl (C=O) groups excluding carboxylic acids is 2. The van der Waals surface area contributed by atoms with Crippen LogP contribution in [-0.4, -0.2) is 51.3 Å². The van der Waals surface area contributed by atoms with Gasteiger partial charge in [0.05, 0.1) is 34.4 Å². The van der Waals surface area contributed by atoms with E-state index in [-0.39, 0.29) is 13.2 Å². The van der Waals surface area contributed by atoms with Crippen molar-refractivity contribution in [2.75, 3.05) is 34.5 Å². The zero-order chi connectivity index (χ0) is 15.4. The second-order valence-corrected chi connectivity index (χ2v) is 4.38. The maximum absolute atomic E-state index is 11.9. The van der Waals surface area contributed by atoms with E-state index in [1.807, 2.05) is 0 Å². The van der Waals surface area contributed by atoms with Gasteiger partial charge in [0.25, 0.3) is 0 Å². The van der Waals surface area contributed by atoms with Gasteiger partial charge in [0.2, 0.25) is 0 Å². The maximum Gasteiger partial charge on any atom is 0.396 e. The summed E-state index contributed by atoms with van der Waals surface area (Å²) in [6, 6.07) is 3.44. The highest BCUT2D eigenvalue weighted by molar-refractivity contribution is 6.32. The molecule has 0 aliphatic carbocycles. The molecule has 7 nitrogen and oxygen atoms in total. The summed E-state index contributed by atoms with van der Waals surface area (Å²) < 4.78 is 20.5. The van der Waals surface area contributed by atoms with Gasteiger partial charge in [-0.3, -0.25) is 4.79 Å². The fourth-order valence-electron chi connectivity index (χ4n) is 2.10. The molecule has 2 rings (SSSR count). The van der Waals surface area contributed by atoms with Crippen LogP contribution < -0.4 is 14.2 Å². The van der Waals surface area contributed by atoms with Crippen molar-refractivity contribution in [1.82, 2.24) is 4.90 Å². The molecule has 1 aliphatic rings. The highest BCUT2D eigenvalue weighted by Gasteiger charge is 2.26. The van der Waals surface area contributed by atoms with E-state index in [1.54, 1.807) is 12.1 Å². The summed E-state index contributed by atoms with van der Waals surface area (Å²) in [6.45, 7) is 0.822. The summed E-state index contributed by atoms with van der Waals surface area (Å²) in [7, 11) is 4.24. The molecule has 1 heterocycles. The monoisotopic (exact) mass is 295 g/mol. The van der Waals surface area contributed by atoms with Crippen LogP contribution in [0.3, 0.4) is 0 Å². The second kappa shape index (κ2) is 6.34. The largest absolute Gasteiger partial charge is 0.493 e. The van der Waals surface area contributed by atoms with Crippen LogP contribution in [0.1, 0.15) is 5.56 Å². The van der Waals surface area contributed by atoms with E-state index in [2.05, 4.69) is 4.74 Å². The van der Waals surface area contributed by atoms with Crippen LogP contribution in [-0.2, 0) is 20.9 Å². The third-order valence-corrected chi connectivity index (χ3v) is 3.19. The molecular formula is C14H17NO6. The number of esters is 1. The van der Waals surface area contributed by atoms with Gasteiger partial charge in [0, 0.05) is 11.6 Å². The van der Waals surface area contributed by atoms with Gasteiger partial charge in [0.1, 0.15) is 12.4 Å². The minimum absolute atomic E-state index is 0.240. The van der Waals surface area contributed by atoms with Gasteiger partial charge in [-0.15, -0.1) is 0 Å². The Hall–Kier alpha value is -2.44. The Kier molecular flexibility index (Phi) is 4.52. The number of hydrogen-bond donors (Lipinski definition) is 0. The lowest BCUT2D eigenvalue weighted by Crippen LogP contribution is -2.38. The standard InChI is InChI=1S/C14H17NO6/c1-18-11-6-9-8-15(13(16)14(17)20-3)4-5-21-10(9)7-12(11)19-2/h6-7H,4-5,8H2,1-3H3. The van der Waals surface area contributed by atoms with E-state index in [1.165, 1.54) is 26.2 Å². The summed E-state index contributed by atoms with van der Waals surface area (Å²) in [6.07, 6.45) is 0. The maximum atomic E-state index is 11.9. The number of rotatable bonds is 2. The fraction of sp³-hybridized carbons (Fsp3) is 0.429. The van der Waals surface area contributed by atoms with Crippen molar-refractivity contribution in [3.8, 4) is 17.2 Å². The first-order chi connectivity index (χ1) is 10.1. The highest BCUT2D eigenvalue weighted by Crippen LogP contribution is 2.36. The van der Waals surface area contributed by atoms with Crippen LogP contribution in [0, 0.1) is 0 Å². The predicted octanol–water partition coefficient (Wildman–Crippen LogP) is 0.598. The van der Waals surface area contributed by atoms with Gasteiger partial charge in [-0.05, 0) is 6.07 Å². The van der Waals surface area contributed by atoms with Crippen molar-refractivity contribution in [2.45, 2.75) is 6.54 Å². The van der Waals surface area contributed by atoms with Gasteiger partial charge in [-0.25, -0.2) is 4.79 Å². The summed E-state index contributed by atoms with van der Waals surface area (Å²) in [5, 5.41) is 0. The summed E-state index contributed by atoms with van der Waals surface area (Å²) in [5.74, 6) is 0.103. The first-order valence-corrected chi connectivity index (χ1v) is 6.35. The van der Waals surface area contributed by atoms with Gasteiger partial charge in [0.15, 0.2) is 11.5 Å². The minimum Gasteiger partial charge on any atom is -0.493 e. The lowest BCUT2D eigenvalue weighted by molar-refractivity contribution is -0.158. The lowest BCUT2D eigenvalue weighted by atomic mass is 10.1. The molecule has 0 fully saturated rings. The van der Waals surface area contributed by atoms with Crippen LogP contribution in [0.2, 0.25) is 0 Å². The lowest BCUT2D eigenvalue weighted by Gasteiger charge is -2.18. The average Bonchev–Trinajstić information content (AvgIpc) is 2.73. The topological polar surface area (TPSA) is 74.3 Å². The number of hydrogen-bond acceptors (Lipinski definition) is 6. The third kappa shape index (κ3) is 3.01. The fourth-order valence-corrected chi connectivity index (χ4v) is 2.10. The van der Waals surface area contributed by atoms with E-state index in [0.717, 1.165) is 5.56 Å². The Morgan fingerprint density at radius 2 is 1.81 bits per heavy atom. The van der Waals surface area contributed by atoms with Crippen LogP contribution in [0.25, 0.3) is 0 Å². The summed E-state index contributed by atoms with van der Waals surface area (Å²) in [5.41, 5.74) is 0.738. The molecule has 0 unspecified atom stereocenters. The van der Waals surface area contributed by atoms with Crippen LogP contribution in [0.4, 0.5) is 0 Å². The Bertz CT molecular complexity index is 557. The van der Waals surface area contributed by atoms with Gasteiger partial charge in [-0.1, -0.05) is 0 Å².